The van der Waals surface area contributed by atoms with Crippen molar-refractivity contribution < 1.29 is 17.7 Å². The van der Waals surface area contributed by atoms with E-state index < -0.39 is 27.3 Å². The van der Waals surface area contributed by atoms with Gasteiger partial charge in [-0.3, -0.25) is 4.21 Å². The average Bonchev–Trinajstić information content (AvgIpc) is 2.01. The van der Waals surface area contributed by atoms with Gasteiger partial charge in [0.1, 0.15) is 22.5 Å². The van der Waals surface area contributed by atoms with Gasteiger partial charge in [0.15, 0.2) is 0 Å². The molecule has 6 heteroatoms. The van der Waals surface area contributed by atoms with E-state index in [1.54, 1.807) is 0 Å². The van der Waals surface area contributed by atoms with Crippen molar-refractivity contribution in [1.82, 2.24) is 0 Å². The van der Waals surface area contributed by atoms with Gasteiger partial charge in [-0.05, 0) is 12.1 Å². The second kappa shape index (κ2) is 4.47. The number of ether oxygens (including phenoxy) is 1. The lowest BCUT2D eigenvalue weighted by Gasteiger charge is -2.04. The van der Waals surface area contributed by atoms with Crippen LogP contribution in [0.4, 0.5) is 14.5 Å². The van der Waals surface area contributed by atoms with E-state index in [0.717, 1.165) is 12.1 Å². The van der Waals surface area contributed by atoms with Gasteiger partial charge in [-0.2, -0.15) is 0 Å². The number of benzene rings is 1. The molecule has 0 radical (unpaired) electrons. The molecule has 0 heterocycles. The number of nitrogen functional groups attached to an aromatic ring is 1. The van der Waals surface area contributed by atoms with Gasteiger partial charge in [-0.25, -0.2) is 8.78 Å². The van der Waals surface area contributed by atoms with E-state index in [4.69, 9.17) is 5.73 Å². The van der Waals surface area contributed by atoms with Crippen LogP contribution in [-0.4, -0.2) is 17.3 Å². The molecule has 1 rings (SSSR count). The zero-order valence-electron chi connectivity index (χ0n) is 7.42. The van der Waals surface area contributed by atoms with Crippen LogP contribution in [0, 0.1) is 11.6 Å². The van der Waals surface area contributed by atoms with Gasteiger partial charge < -0.3 is 10.5 Å². The molecule has 0 aliphatic heterocycles. The monoisotopic (exact) mass is 221 g/mol. The Kier molecular flexibility index (Phi) is 3.54. The SMILES string of the molecule is COCS(=O)c1c(F)cc(N)cc1F. The van der Waals surface area contributed by atoms with Crippen LogP contribution in [-0.2, 0) is 15.5 Å². The fraction of sp³-hybridized carbons (Fsp3) is 0.250. The Morgan fingerprint density at radius 3 is 2.36 bits per heavy atom. The van der Waals surface area contributed by atoms with Crippen molar-refractivity contribution in [1.29, 1.82) is 0 Å². The minimum absolute atomic E-state index is 0.0434. The third kappa shape index (κ3) is 2.27. The topological polar surface area (TPSA) is 52.3 Å². The van der Waals surface area contributed by atoms with Gasteiger partial charge in [-0.15, -0.1) is 0 Å². The number of anilines is 1. The van der Waals surface area contributed by atoms with E-state index in [-0.39, 0.29) is 11.6 Å². The Hall–Kier alpha value is -1.01. The van der Waals surface area contributed by atoms with Crippen molar-refractivity contribution in [2.45, 2.75) is 4.90 Å². The Balaban J connectivity index is 3.14. The Morgan fingerprint density at radius 2 is 1.93 bits per heavy atom. The van der Waals surface area contributed by atoms with Crippen molar-refractivity contribution in [2.75, 3.05) is 18.8 Å². The number of nitrogens with two attached hydrogens (primary N) is 1. The molecule has 3 nitrogen and oxygen atoms in total. The van der Waals surface area contributed by atoms with Crippen LogP contribution in [0.3, 0.4) is 0 Å². The Labute approximate surface area is 82.3 Å². The van der Waals surface area contributed by atoms with Gasteiger partial charge in [0.2, 0.25) is 0 Å². The summed E-state index contributed by atoms with van der Waals surface area (Å²) in [6, 6.07) is 1.85. The van der Waals surface area contributed by atoms with Crippen molar-refractivity contribution in [2.24, 2.45) is 0 Å². The lowest BCUT2D eigenvalue weighted by atomic mass is 10.3. The van der Waals surface area contributed by atoms with Crippen molar-refractivity contribution in [3.8, 4) is 0 Å². The molecule has 0 amide bonds. The molecule has 0 spiro atoms. The van der Waals surface area contributed by atoms with E-state index in [9.17, 15) is 13.0 Å². The smallest absolute Gasteiger partial charge is 0.144 e. The maximum atomic E-state index is 13.1. The van der Waals surface area contributed by atoms with Crippen LogP contribution in [0.25, 0.3) is 0 Å². The maximum Gasteiger partial charge on any atom is 0.144 e. The predicted octanol–water partition coefficient (Wildman–Crippen LogP) is 1.26. The van der Waals surface area contributed by atoms with Gasteiger partial charge in [0.05, 0.1) is 10.8 Å². The molecular formula is C8H9F2NO2S. The third-order valence-electron chi connectivity index (χ3n) is 1.47. The minimum Gasteiger partial charge on any atom is -0.399 e. The zero-order valence-corrected chi connectivity index (χ0v) is 8.24. The van der Waals surface area contributed by atoms with E-state index in [2.05, 4.69) is 4.74 Å². The highest BCUT2D eigenvalue weighted by molar-refractivity contribution is 7.84. The van der Waals surface area contributed by atoms with E-state index in [0.29, 0.717) is 0 Å². The highest BCUT2D eigenvalue weighted by atomic mass is 32.2. The molecule has 1 atom stereocenters. The molecule has 14 heavy (non-hydrogen) atoms. The summed E-state index contributed by atoms with van der Waals surface area (Å²) in [6.07, 6.45) is 0. The summed E-state index contributed by atoms with van der Waals surface area (Å²) in [7, 11) is -0.546. The summed E-state index contributed by atoms with van der Waals surface area (Å²) in [4.78, 5) is -0.499. The normalized spacial score (nSPS) is 12.8. The number of methoxy groups -OCH3 is 1. The molecule has 1 aromatic carbocycles. The quantitative estimate of drug-likeness (QED) is 0.782. The lowest BCUT2D eigenvalue weighted by molar-refractivity contribution is 0.254. The molecule has 1 unspecified atom stereocenters. The van der Waals surface area contributed by atoms with Gasteiger partial charge in [-0.1, -0.05) is 0 Å². The minimum atomic E-state index is -1.84. The molecule has 0 fully saturated rings. The first-order chi connectivity index (χ1) is 6.56. The molecule has 0 aromatic heterocycles. The molecule has 78 valence electrons. The molecule has 0 aliphatic rings. The summed E-state index contributed by atoms with van der Waals surface area (Å²) >= 11 is 0. The van der Waals surface area contributed by atoms with Crippen molar-refractivity contribution in [3.63, 3.8) is 0 Å². The maximum absolute atomic E-state index is 13.1. The number of hydrogen-bond acceptors (Lipinski definition) is 3. The first-order valence-electron chi connectivity index (χ1n) is 3.68. The summed E-state index contributed by atoms with van der Waals surface area (Å²) < 4.78 is 42.0. The summed E-state index contributed by atoms with van der Waals surface area (Å²) in [5.74, 6) is -2.09. The fourth-order valence-corrected chi connectivity index (χ4v) is 1.85. The van der Waals surface area contributed by atoms with Crippen LogP contribution in [0.1, 0.15) is 0 Å². The van der Waals surface area contributed by atoms with E-state index in [1.165, 1.54) is 7.11 Å². The lowest BCUT2D eigenvalue weighted by Crippen LogP contribution is -2.06. The van der Waals surface area contributed by atoms with Crippen LogP contribution in [0.15, 0.2) is 17.0 Å². The van der Waals surface area contributed by atoms with Crippen LogP contribution in [0.2, 0.25) is 0 Å². The zero-order chi connectivity index (χ0) is 10.7. The molecule has 0 aliphatic carbocycles. The second-order valence-corrected chi connectivity index (χ2v) is 3.90. The van der Waals surface area contributed by atoms with Crippen LogP contribution >= 0.6 is 0 Å². The first-order valence-corrected chi connectivity index (χ1v) is 5.00. The van der Waals surface area contributed by atoms with Gasteiger partial charge >= 0.3 is 0 Å². The molecular weight excluding hydrogens is 212 g/mol. The molecule has 2 N–H and O–H groups in total. The number of rotatable bonds is 3. The standard InChI is InChI=1S/C8H9F2NO2S/c1-13-4-14(12)8-6(9)2-5(11)3-7(8)10/h2-3H,4,11H2,1H3. The van der Waals surface area contributed by atoms with Crippen molar-refractivity contribution in [3.05, 3.63) is 23.8 Å². The highest BCUT2D eigenvalue weighted by Gasteiger charge is 2.16. The Morgan fingerprint density at radius 1 is 1.43 bits per heavy atom. The molecule has 1 aromatic rings. The summed E-state index contributed by atoms with van der Waals surface area (Å²) in [5.41, 5.74) is 5.15. The second-order valence-electron chi connectivity index (χ2n) is 2.57. The average molecular weight is 221 g/mol. The van der Waals surface area contributed by atoms with E-state index in [1.807, 2.05) is 0 Å². The summed E-state index contributed by atoms with van der Waals surface area (Å²) in [6.45, 7) is 0. The van der Waals surface area contributed by atoms with Gasteiger partial charge in [0.25, 0.3) is 0 Å². The molecule has 0 bridgehead atoms. The van der Waals surface area contributed by atoms with Gasteiger partial charge in [0, 0.05) is 12.8 Å². The summed E-state index contributed by atoms with van der Waals surface area (Å²) in [5, 5.41) is 0. The number of hydrogen-bond donors (Lipinski definition) is 1. The predicted molar refractivity (Wildman–Crippen MR) is 49.1 cm³/mol. The number of halogens is 2. The Bertz CT molecular complexity index is 347. The largest absolute Gasteiger partial charge is 0.399 e. The first kappa shape index (κ1) is 11.1. The van der Waals surface area contributed by atoms with Crippen LogP contribution < -0.4 is 5.73 Å². The fourth-order valence-electron chi connectivity index (χ4n) is 0.963. The van der Waals surface area contributed by atoms with E-state index >= 15 is 0 Å². The third-order valence-corrected chi connectivity index (χ3v) is 2.77. The molecule has 0 saturated heterocycles. The van der Waals surface area contributed by atoms with Crippen LogP contribution in [0.5, 0.6) is 0 Å². The highest BCUT2D eigenvalue weighted by Crippen LogP contribution is 2.20. The molecule has 0 saturated carbocycles. The van der Waals surface area contributed by atoms with Crippen molar-refractivity contribution >= 4 is 16.5 Å².